The van der Waals surface area contributed by atoms with E-state index in [4.69, 9.17) is 23.2 Å². The minimum Gasteiger partial charge on any atom is -0.361 e. The van der Waals surface area contributed by atoms with Gasteiger partial charge in [0.25, 0.3) is 0 Å². The van der Waals surface area contributed by atoms with Crippen molar-refractivity contribution in [3.05, 3.63) is 99.0 Å². The van der Waals surface area contributed by atoms with E-state index in [9.17, 15) is 4.79 Å². The van der Waals surface area contributed by atoms with Crippen LogP contribution in [0.4, 0.5) is 5.69 Å². The number of nitrogens with zero attached hydrogens (tertiary/aromatic N) is 2. The first kappa shape index (κ1) is 23.7. The van der Waals surface area contributed by atoms with E-state index >= 15 is 0 Å². The summed E-state index contributed by atoms with van der Waals surface area (Å²) >= 11 is 12.5. The van der Waals surface area contributed by atoms with Gasteiger partial charge in [-0.3, -0.25) is 4.79 Å². The van der Waals surface area contributed by atoms with Gasteiger partial charge in [-0.15, -0.1) is 0 Å². The monoisotopic (exact) mass is 480 g/mol. The Hall–Kier alpha value is -2.49. The van der Waals surface area contributed by atoms with Crippen LogP contribution in [0, 0.1) is 6.92 Å². The summed E-state index contributed by atoms with van der Waals surface area (Å²) in [7, 11) is 0. The van der Waals surface area contributed by atoms with Crippen LogP contribution in [0.25, 0.3) is 0 Å². The van der Waals surface area contributed by atoms with Crippen LogP contribution in [0.3, 0.4) is 0 Å². The van der Waals surface area contributed by atoms with E-state index in [1.165, 1.54) is 11.3 Å². The number of hydrogen-bond acceptors (Lipinski definition) is 2. The van der Waals surface area contributed by atoms with Crippen molar-refractivity contribution in [3.63, 3.8) is 0 Å². The highest BCUT2D eigenvalue weighted by Gasteiger charge is 2.32. The number of aryl methyl sites for hydroxylation is 2. The number of halogens is 2. The lowest BCUT2D eigenvalue weighted by molar-refractivity contribution is -0.131. The topological polar surface area (TPSA) is 23.6 Å². The van der Waals surface area contributed by atoms with Crippen LogP contribution in [-0.2, 0) is 17.6 Å². The quantitative estimate of drug-likeness (QED) is 0.383. The van der Waals surface area contributed by atoms with Crippen molar-refractivity contribution in [2.75, 3.05) is 24.5 Å². The summed E-state index contributed by atoms with van der Waals surface area (Å²) in [6, 6.07) is 22.3. The molecule has 0 aromatic heterocycles. The zero-order valence-electron chi connectivity index (χ0n) is 19.2. The van der Waals surface area contributed by atoms with E-state index in [-0.39, 0.29) is 11.9 Å². The molecule has 3 nitrogen and oxygen atoms in total. The van der Waals surface area contributed by atoms with Crippen LogP contribution in [0.2, 0.25) is 10.0 Å². The molecule has 0 aliphatic carbocycles. The van der Waals surface area contributed by atoms with Crippen molar-refractivity contribution < 1.29 is 4.79 Å². The van der Waals surface area contributed by atoms with E-state index in [0.29, 0.717) is 24.5 Å². The maximum Gasteiger partial charge on any atom is 0.227 e. The van der Waals surface area contributed by atoms with Crippen LogP contribution in [0.15, 0.2) is 66.7 Å². The molecule has 1 atom stereocenters. The molecule has 33 heavy (non-hydrogen) atoms. The Bertz CT molecular complexity index is 1110. The highest BCUT2D eigenvalue weighted by atomic mass is 35.5. The van der Waals surface area contributed by atoms with Crippen LogP contribution < -0.4 is 4.90 Å². The molecule has 0 radical (unpaired) electrons. The van der Waals surface area contributed by atoms with Gasteiger partial charge in [-0.25, -0.2) is 0 Å². The van der Waals surface area contributed by atoms with Crippen molar-refractivity contribution >= 4 is 34.8 Å². The highest BCUT2D eigenvalue weighted by Crippen LogP contribution is 2.35. The van der Waals surface area contributed by atoms with Crippen molar-refractivity contribution in [3.8, 4) is 0 Å². The molecule has 0 bridgehead atoms. The highest BCUT2D eigenvalue weighted by molar-refractivity contribution is 6.31. The van der Waals surface area contributed by atoms with Crippen LogP contribution >= 0.6 is 23.2 Å². The third-order valence-corrected chi connectivity index (χ3v) is 6.95. The molecule has 1 heterocycles. The molecular weight excluding hydrogens is 451 g/mol. The normalized spacial score (nSPS) is 16.2. The van der Waals surface area contributed by atoms with E-state index in [1.807, 2.05) is 41.3 Å². The number of hydrogen-bond donors (Lipinski definition) is 0. The van der Waals surface area contributed by atoms with Gasteiger partial charge >= 0.3 is 0 Å². The molecule has 1 aliphatic rings. The van der Waals surface area contributed by atoms with Gasteiger partial charge < -0.3 is 9.80 Å². The number of anilines is 1. The lowest BCUT2D eigenvalue weighted by atomic mass is 9.98. The smallest absolute Gasteiger partial charge is 0.227 e. The molecule has 3 aromatic rings. The lowest BCUT2D eigenvalue weighted by Crippen LogP contribution is -2.51. The lowest BCUT2D eigenvalue weighted by Gasteiger charge is -2.44. The molecule has 3 aromatic carbocycles. The summed E-state index contributed by atoms with van der Waals surface area (Å²) < 4.78 is 0. The Morgan fingerprint density at radius 3 is 2.39 bits per heavy atom. The van der Waals surface area contributed by atoms with Crippen LogP contribution in [0.1, 0.15) is 41.6 Å². The van der Waals surface area contributed by atoms with Gasteiger partial charge in [-0.1, -0.05) is 72.9 Å². The van der Waals surface area contributed by atoms with E-state index in [2.05, 4.69) is 49.1 Å². The number of carbonyl (C=O) groups excluding carboxylic acids is 1. The van der Waals surface area contributed by atoms with Gasteiger partial charge in [0, 0.05) is 35.4 Å². The van der Waals surface area contributed by atoms with Crippen molar-refractivity contribution in [1.82, 2.24) is 4.90 Å². The second-order valence-corrected chi connectivity index (χ2v) is 9.60. The Balaban J connectivity index is 1.64. The summed E-state index contributed by atoms with van der Waals surface area (Å²) in [5.41, 5.74) is 5.86. The molecule has 1 saturated heterocycles. The summed E-state index contributed by atoms with van der Waals surface area (Å²) in [5, 5.41) is 1.48. The van der Waals surface area contributed by atoms with E-state index < -0.39 is 0 Å². The standard InChI is InChI=1S/C28H30Cl2N2O/c1-3-6-23-17-25(30)13-14-26(23)32-16-15-31(19-27(32)21-9-11-24(29)12-10-21)28(33)18-22-8-5-4-7-20(22)2/h4-5,7-14,17,27H,3,6,15-16,18-19H2,1-2H3. The Labute approximate surface area is 206 Å². The molecule has 1 fully saturated rings. The summed E-state index contributed by atoms with van der Waals surface area (Å²) in [5.74, 6) is 0.174. The zero-order valence-corrected chi connectivity index (χ0v) is 20.7. The average Bonchev–Trinajstić information content (AvgIpc) is 2.81. The first-order valence-electron chi connectivity index (χ1n) is 11.6. The SMILES string of the molecule is CCCc1cc(Cl)ccc1N1CCN(C(=O)Cc2ccccc2C)CC1c1ccc(Cl)cc1. The van der Waals surface area contributed by atoms with Gasteiger partial charge in [0.15, 0.2) is 0 Å². The maximum atomic E-state index is 13.3. The van der Waals surface area contributed by atoms with E-state index in [0.717, 1.165) is 41.1 Å². The van der Waals surface area contributed by atoms with Crippen molar-refractivity contribution in [1.29, 1.82) is 0 Å². The molecule has 4 rings (SSSR count). The molecule has 1 aliphatic heterocycles. The Morgan fingerprint density at radius 2 is 1.67 bits per heavy atom. The van der Waals surface area contributed by atoms with Gasteiger partial charge in [0.05, 0.1) is 12.5 Å². The summed E-state index contributed by atoms with van der Waals surface area (Å²) in [6.07, 6.45) is 2.45. The predicted octanol–water partition coefficient (Wildman–Crippen LogP) is 6.89. The molecule has 0 saturated carbocycles. The second kappa shape index (κ2) is 10.6. The largest absolute Gasteiger partial charge is 0.361 e. The first-order chi connectivity index (χ1) is 16.0. The van der Waals surface area contributed by atoms with Crippen LogP contribution in [0.5, 0.6) is 0 Å². The van der Waals surface area contributed by atoms with Crippen LogP contribution in [-0.4, -0.2) is 30.4 Å². The molecule has 1 unspecified atom stereocenters. The number of benzene rings is 3. The third kappa shape index (κ3) is 5.54. The van der Waals surface area contributed by atoms with Crippen molar-refractivity contribution in [2.24, 2.45) is 0 Å². The van der Waals surface area contributed by atoms with Crippen molar-refractivity contribution in [2.45, 2.75) is 39.2 Å². The number of carbonyl (C=O) groups is 1. The third-order valence-electron chi connectivity index (χ3n) is 6.46. The molecule has 1 amide bonds. The summed E-state index contributed by atoms with van der Waals surface area (Å²) in [6.45, 7) is 6.35. The molecule has 0 spiro atoms. The van der Waals surface area contributed by atoms with Gasteiger partial charge in [0.2, 0.25) is 5.91 Å². The fraction of sp³-hybridized carbons (Fsp3) is 0.321. The maximum absolute atomic E-state index is 13.3. The molecule has 172 valence electrons. The second-order valence-electron chi connectivity index (χ2n) is 8.73. The fourth-order valence-corrected chi connectivity index (χ4v) is 4.98. The van der Waals surface area contributed by atoms with Gasteiger partial charge in [-0.2, -0.15) is 0 Å². The molecular formula is C28H30Cl2N2O. The number of piperazine rings is 1. The zero-order chi connectivity index (χ0) is 23.4. The predicted molar refractivity (Wildman–Crippen MR) is 138 cm³/mol. The van der Waals surface area contributed by atoms with Gasteiger partial charge in [0.1, 0.15) is 0 Å². The minimum atomic E-state index is 0.0496. The summed E-state index contributed by atoms with van der Waals surface area (Å²) in [4.78, 5) is 17.7. The Morgan fingerprint density at radius 1 is 0.939 bits per heavy atom. The fourth-order valence-electron chi connectivity index (χ4n) is 4.66. The number of amides is 1. The molecule has 5 heteroatoms. The van der Waals surface area contributed by atoms with E-state index in [1.54, 1.807) is 0 Å². The molecule has 0 N–H and O–H groups in total. The number of rotatable bonds is 6. The Kier molecular flexibility index (Phi) is 7.62. The average molecular weight is 481 g/mol. The van der Waals surface area contributed by atoms with Gasteiger partial charge in [-0.05, 0) is 65.9 Å². The first-order valence-corrected chi connectivity index (χ1v) is 12.3. The minimum absolute atomic E-state index is 0.0496.